The van der Waals surface area contributed by atoms with Crippen LogP contribution in [0.15, 0.2) is 41.5 Å². The molecule has 0 bridgehead atoms. The van der Waals surface area contributed by atoms with E-state index in [1.165, 1.54) is 14.8 Å². The number of benzene rings is 1. The summed E-state index contributed by atoms with van der Waals surface area (Å²) in [4.78, 5) is 11.7. The van der Waals surface area contributed by atoms with Crippen LogP contribution in [0, 0.1) is 0 Å². The molecule has 0 aliphatic carbocycles. The molecule has 0 radical (unpaired) electrons. The van der Waals surface area contributed by atoms with E-state index in [-0.39, 0.29) is 11.6 Å². The molecular formula is C12H14BrN3O. The van der Waals surface area contributed by atoms with Crippen molar-refractivity contribution in [3.63, 3.8) is 0 Å². The second-order valence-corrected chi connectivity index (χ2v) is 4.62. The molecule has 90 valence electrons. The van der Waals surface area contributed by atoms with Gasteiger partial charge in [-0.3, -0.25) is 4.57 Å². The Balaban J connectivity index is 2.22. The molecule has 1 unspecified atom stereocenters. The van der Waals surface area contributed by atoms with Crippen LogP contribution < -0.4 is 5.69 Å². The van der Waals surface area contributed by atoms with E-state index in [1.54, 1.807) is 13.4 Å². The largest absolute Gasteiger partial charge is 0.345 e. The van der Waals surface area contributed by atoms with Crippen LogP contribution in [0.5, 0.6) is 0 Å². The molecule has 17 heavy (non-hydrogen) atoms. The second kappa shape index (κ2) is 5.31. The van der Waals surface area contributed by atoms with Gasteiger partial charge in [0.25, 0.3) is 0 Å². The number of aryl methyl sites for hydroxylation is 1. The first-order valence-corrected chi connectivity index (χ1v) is 6.54. The Kier molecular flexibility index (Phi) is 3.78. The molecular weight excluding hydrogens is 282 g/mol. The van der Waals surface area contributed by atoms with Gasteiger partial charge in [-0.25, -0.2) is 9.48 Å². The van der Waals surface area contributed by atoms with Crippen molar-refractivity contribution in [2.75, 3.05) is 5.33 Å². The summed E-state index contributed by atoms with van der Waals surface area (Å²) in [5, 5.41) is 4.88. The van der Waals surface area contributed by atoms with Crippen molar-refractivity contribution in [1.29, 1.82) is 0 Å². The molecule has 1 heterocycles. The van der Waals surface area contributed by atoms with Crippen molar-refractivity contribution in [2.45, 2.75) is 12.5 Å². The first-order chi connectivity index (χ1) is 8.22. The first-order valence-electron chi connectivity index (χ1n) is 5.41. The summed E-state index contributed by atoms with van der Waals surface area (Å²) >= 11 is 3.49. The van der Waals surface area contributed by atoms with E-state index in [4.69, 9.17) is 0 Å². The summed E-state index contributed by atoms with van der Waals surface area (Å²) in [6.45, 7) is 0.592. The normalized spacial score (nSPS) is 12.6. The Labute approximate surface area is 108 Å². The smallest absolute Gasteiger partial charge is 0.285 e. The summed E-state index contributed by atoms with van der Waals surface area (Å²) in [7, 11) is 1.71. The zero-order valence-corrected chi connectivity index (χ0v) is 11.2. The molecule has 1 atom stereocenters. The summed E-state index contributed by atoms with van der Waals surface area (Å²) < 4.78 is 2.98. The van der Waals surface area contributed by atoms with E-state index in [9.17, 15) is 4.79 Å². The van der Waals surface area contributed by atoms with Crippen molar-refractivity contribution in [3.8, 4) is 0 Å². The molecule has 4 nitrogen and oxygen atoms in total. The van der Waals surface area contributed by atoms with Crippen molar-refractivity contribution in [1.82, 2.24) is 14.3 Å². The maximum Gasteiger partial charge on any atom is 0.345 e. The number of nitrogens with zero attached hydrogens (tertiary/aromatic N) is 3. The van der Waals surface area contributed by atoms with Crippen LogP contribution >= 0.6 is 15.9 Å². The van der Waals surface area contributed by atoms with Gasteiger partial charge in [-0.2, -0.15) is 5.10 Å². The van der Waals surface area contributed by atoms with Crippen LogP contribution in [0.1, 0.15) is 11.5 Å². The minimum atomic E-state index is -0.0770. The van der Waals surface area contributed by atoms with Crippen LogP contribution in [0.2, 0.25) is 0 Å². The highest BCUT2D eigenvalue weighted by atomic mass is 79.9. The molecule has 0 aliphatic heterocycles. The van der Waals surface area contributed by atoms with Gasteiger partial charge in [0.05, 0.1) is 6.54 Å². The minimum absolute atomic E-state index is 0.0770. The van der Waals surface area contributed by atoms with Gasteiger partial charge in [-0.15, -0.1) is 0 Å². The molecule has 0 spiro atoms. The summed E-state index contributed by atoms with van der Waals surface area (Å²) in [5.41, 5.74) is 1.13. The minimum Gasteiger partial charge on any atom is -0.285 e. The fraction of sp³-hybridized carbons (Fsp3) is 0.333. The lowest BCUT2D eigenvalue weighted by Gasteiger charge is -2.13. The molecule has 0 fully saturated rings. The topological polar surface area (TPSA) is 39.8 Å². The van der Waals surface area contributed by atoms with E-state index < -0.39 is 0 Å². The quantitative estimate of drug-likeness (QED) is 0.807. The molecule has 1 aromatic carbocycles. The maximum atomic E-state index is 11.7. The summed E-state index contributed by atoms with van der Waals surface area (Å²) in [6.07, 6.45) is 1.54. The number of hydrogen-bond acceptors (Lipinski definition) is 2. The average Bonchev–Trinajstić information content (AvgIpc) is 2.68. The third-order valence-corrected chi connectivity index (χ3v) is 3.52. The third-order valence-electron chi connectivity index (χ3n) is 2.74. The Morgan fingerprint density at radius 2 is 2.06 bits per heavy atom. The molecule has 0 amide bonds. The van der Waals surface area contributed by atoms with Gasteiger partial charge in [0, 0.05) is 18.3 Å². The maximum absolute atomic E-state index is 11.7. The van der Waals surface area contributed by atoms with Crippen molar-refractivity contribution in [3.05, 3.63) is 52.7 Å². The fourth-order valence-electron chi connectivity index (χ4n) is 1.72. The lowest BCUT2D eigenvalue weighted by Crippen LogP contribution is -2.26. The molecule has 0 saturated heterocycles. The van der Waals surface area contributed by atoms with Gasteiger partial charge >= 0.3 is 5.69 Å². The molecule has 1 aromatic heterocycles. The molecule has 0 saturated carbocycles. The highest BCUT2D eigenvalue weighted by Crippen LogP contribution is 2.19. The van der Waals surface area contributed by atoms with Gasteiger partial charge in [0.1, 0.15) is 6.33 Å². The Hall–Kier alpha value is -1.36. The Morgan fingerprint density at radius 3 is 2.59 bits per heavy atom. The predicted molar refractivity (Wildman–Crippen MR) is 70.4 cm³/mol. The zero-order valence-electron chi connectivity index (χ0n) is 9.58. The highest BCUT2D eigenvalue weighted by molar-refractivity contribution is 9.09. The lowest BCUT2D eigenvalue weighted by molar-refractivity contribution is 0.528. The Bertz CT molecular complexity index is 532. The summed E-state index contributed by atoms with van der Waals surface area (Å²) in [5.74, 6) is 0.254. The first kappa shape index (κ1) is 12.1. The summed E-state index contributed by atoms with van der Waals surface area (Å²) in [6, 6.07) is 10.1. The molecule has 2 rings (SSSR count). The van der Waals surface area contributed by atoms with Crippen molar-refractivity contribution < 1.29 is 0 Å². The third kappa shape index (κ3) is 2.66. The second-order valence-electron chi connectivity index (χ2n) is 3.97. The molecule has 0 aliphatic rings. The van der Waals surface area contributed by atoms with E-state index in [2.05, 4.69) is 33.2 Å². The SMILES string of the molecule is Cn1cnn(CC(CBr)c2ccccc2)c1=O. The molecule has 0 N–H and O–H groups in total. The highest BCUT2D eigenvalue weighted by Gasteiger charge is 2.13. The van der Waals surface area contributed by atoms with Crippen molar-refractivity contribution >= 4 is 15.9 Å². The number of halogens is 1. The van der Waals surface area contributed by atoms with Gasteiger partial charge in [0.2, 0.25) is 0 Å². The fourth-order valence-corrected chi connectivity index (χ4v) is 2.30. The molecule has 2 aromatic rings. The van der Waals surface area contributed by atoms with Gasteiger partial charge < -0.3 is 0 Å². The molecule has 5 heteroatoms. The average molecular weight is 296 g/mol. The van der Waals surface area contributed by atoms with Crippen LogP contribution in [-0.4, -0.2) is 19.7 Å². The van der Waals surface area contributed by atoms with Gasteiger partial charge in [-0.05, 0) is 5.56 Å². The number of aromatic nitrogens is 3. The van der Waals surface area contributed by atoms with Crippen LogP contribution in [0.3, 0.4) is 0 Å². The number of rotatable bonds is 4. The van der Waals surface area contributed by atoms with E-state index in [1.807, 2.05) is 18.2 Å². The van der Waals surface area contributed by atoms with Crippen LogP contribution in [0.4, 0.5) is 0 Å². The number of alkyl halides is 1. The Morgan fingerprint density at radius 1 is 1.35 bits per heavy atom. The van der Waals surface area contributed by atoms with Gasteiger partial charge in [-0.1, -0.05) is 46.3 Å². The predicted octanol–water partition coefficient (Wildman–Crippen LogP) is 1.76. The van der Waals surface area contributed by atoms with Crippen LogP contribution in [0.25, 0.3) is 0 Å². The monoisotopic (exact) mass is 295 g/mol. The van der Waals surface area contributed by atoms with Crippen molar-refractivity contribution in [2.24, 2.45) is 7.05 Å². The van der Waals surface area contributed by atoms with E-state index in [0.29, 0.717) is 6.54 Å². The van der Waals surface area contributed by atoms with E-state index in [0.717, 1.165) is 5.33 Å². The van der Waals surface area contributed by atoms with Crippen LogP contribution in [-0.2, 0) is 13.6 Å². The van der Waals surface area contributed by atoms with E-state index >= 15 is 0 Å². The number of hydrogen-bond donors (Lipinski definition) is 0. The van der Waals surface area contributed by atoms with Gasteiger partial charge in [0.15, 0.2) is 0 Å². The lowest BCUT2D eigenvalue weighted by atomic mass is 10.0. The zero-order chi connectivity index (χ0) is 12.3. The standard InChI is InChI=1S/C12H14BrN3O/c1-15-9-14-16(12(15)17)8-11(7-13)10-5-3-2-4-6-10/h2-6,9,11H,7-8H2,1H3.